The fraction of sp³-hybridized carbons (Fsp3) is 0.429. The van der Waals surface area contributed by atoms with Crippen LogP contribution in [0.4, 0.5) is 27.7 Å². The third-order valence-corrected chi connectivity index (χ3v) is 7.59. The Kier molecular flexibility index (Phi) is 5.82. The van der Waals surface area contributed by atoms with Gasteiger partial charge in [0.15, 0.2) is 0 Å². The van der Waals surface area contributed by atoms with Crippen LogP contribution in [0.3, 0.4) is 0 Å². The van der Waals surface area contributed by atoms with Crippen LogP contribution < -0.4 is 21.3 Å². The van der Waals surface area contributed by atoms with Crippen molar-refractivity contribution >= 4 is 29.2 Å². The van der Waals surface area contributed by atoms with Crippen molar-refractivity contribution in [1.82, 2.24) is 25.6 Å². The van der Waals surface area contributed by atoms with E-state index >= 15 is 0 Å². The lowest BCUT2D eigenvalue weighted by Gasteiger charge is -2.34. The molecule has 2 aromatic heterocycles. The van der Waals surface area contributed by atoms with Crippen LogP contribution in [-0.4, -0.2) is 40.1 Å². The van der Waals surface area contributed by atoms with Crippen LogP contribution in [-0.2, 0) is 17.4 Å². The number of carbonyl (C=O) groups excluding carboxylic acids is 1. The number of amides is 1. The van der Waals surface area contributed by atoms with Gasteiger partial charge in [-0.25, -0.2) is 9.97 Å². The first-order chi connectivity index (χ1) is 17.8. The predicted molar refractivity (Wildman–Crippen MR) is 141 cm³/mol. The van der Waals surface area contributed by atoms with Gasteiger partial charge in [-0.05, 0) is 87.9 Å². The fourth-order valence-corrected chi connectivity index (χ4v) is 4.95. The van der Waals surface area contributed by atoms with Crippen molar-refractivity contribution < 1.29 is 9.18 Å². The van der Waals surface area contributed by atoms with Crippen LogP contribution in [0, 0.1) is 0 Å². The van der Waals surface area contributed by atoms with Gasteiger partial charge in [-0.3, -0.25) is 9.18 Å². The molecular weight excluding hydrogens is 469 g/mol. The second kappa shape index (κ2) is 9.06. The van der Waals surface area contributed by atoms with E-state index in [1.807, 2.05) is 18.2 Å². The molecule has 37 heavy (non-hydrogen) atoms. The molecule has 1 aliphatic heterocycles. The highest BCUT2D eigenvalue weighted by Crippen LogP contribution is 2.47. The number of halogens is 1. The third-order valence-electron chi connectivity index (χ3n) is 7.59. The number of rotatable bonds is 8. The minimum absolute atomic E-state index is 0.0704. The summed E-state index contributed by atoms with van der Waals surface area (Å²) in [5.41, 5.74) is 3.98. The molecule has 1 aromatic carbocycles. The molecule has 0 atom stereocenters. The van der Waals surface area contributed by atoms with Gasteiger partial charge in [0, 0.05) is 28.9 Å². The van der Waals surface area contributed by atoms with Crippen molar-refractivity contribution in [3.05, 3.63) is 65.0 Å². The normalized spacial score (nSPS) is 19.0. The van der Waals surface area contributed by atoms with Crippen LogP contribution in [0.1, 0.15) is 66.7 Å². The van der Waals surface area contributed by atoms with Gasteiger partial charge in [-0.15, -0.1) is 0 Å². The molecule has 1 amide bonds. The Morgan fingerprint density at radius 1 is 1.14 bits per heavy atom. The zero-order valence-electron chi connectivity index (χ0n) is 21.2. The van der Waals surface area contributed by atoms with E-state index in [0.29, 0.717) is 23.1 Å². The van der Waals surface area contributed by atoms with Gasteiger partial charge >= 0.3 is 0 Å². The first-order valence-corrected chi connectivity index (χ1v) is 13.0. The lowest BCUT2D eigenvalue weighted by Crippen LogP contribution is -2.42. The Hall–Kier alpha value is -3.59. The summed E-state index contributed by atoms with van der Waals surface area (Å²) in [6, 6.07) is 12.0. The zero-order valence-corrected chi connectivity index (χ0v) is 21.2. The number of benzene rings is 1. The maximum atomic E-state index is 13.6. The second-order valence-electron chi connectivity index (χ2n) is 10.9. The summed E-state index contributed by atoms with van der Waals surface area (Å²) in [6.07, 6.45) is 6.04. The van der Waals surface area contributed by atoms with Crippen molar-refractivity contribution in [2.75, 3.05) is 23.9 Å². The molecule has 0 spiro atoms. The van der Waals surface area contributed by atoms with E-state index < -0.39 is 12.1 Å². The third kappa shape index (κ3) is 4.87. The highest BCUT2D eigenvalue weighted by molar-refractivity contribution is 5.99. The van der Waals surface area contributed by atoms with Crippen molar-refractivity contribution in [2.24, 2.45) is 0 Å². The Bertz CT molecular complexity index is 1350. The standard InChI is InChI=1S/C28H32FN7O/c1-27(2)21-9-8-19(14-17(21)10-13-31-27)33-26-30-15-20(25(37)32-18-6-7-18)24(36-26)35-23-5-3-4-22(34-23)28(16-29)11-12-28/h3-5,8-9,14-15,18,31H,6-7,10-13,16H2,1-2H3,(H,32,37)(H2,30,33,34,35,36). The number of anilines is 4. The molecule has 6 rings (SSSR count). The summed E-state index contributed by atoms with van der Waals surface area (Å²) in [5.74, 6) is 1.02. The lowest BCUT2D eigenvalue weighted by molar-refractivity contribution is 0.0951. The van der Waals surface area contributed by atoms with Crippen LogP contribution in [0.2, 0.25) is 0 Å². The Morgan fingerprint density at radius 2 is 1.97 bits per heavy atom. The van der Waals surface area contributed by atoms with E-state index in [9.17, 15) is 9.18 Å². The molecule has 0 bridgehead atoms. The van der Waals surface area contributed by atoms with Gasteiger partial charge in [0.05, 0.1) is 5.69 Å². The number of hydrogen-bond donors (Lipinski definition) is 4. The van der Waals surface area contributed by atoms with E-state index in [-0.39, 0.29) is 17.5 Å². The molecule has 192 valence electrons. The average Bonchev–Trinajstić information content (AvgIpc) is 3.80. The maximum absolute atomic E-state index is 13.6. The van der Waals surface area contributed by atoms with Crippen LogP contribution in [0.25, 0.3) is 0 Å². The molecule has 2 fully saturated rings. The molecule has 2 aliphatic carbocycles. The number of carbonyl (C=O) groups is 1. The number of nitrogens with zero attached hydrogens (tertiary/aromatic N) is 3. The zero-order chi connectivity index (χ0) is 25.6. The quantitative estimate of drug-likeness (QED) is 0.357. The minimum Gasteiger partial charge on any atom is -0.349 e. The summed E-state index contributed by atoms with van der Waals surface area (Å²) < 4.78 is 13.6. The highest BCUT2D eigenvalue weighted by Gasteiger charge is 2.46. The number of fused-ring (bicyclic) bond motifs is 1. The van der Waals surface area contributed by atoms with E-state index in [1.165, 1.54) is 17.3 Å². The highest BCUT2D eigenvalue weighted by atomic mass is 19.1. The largest absolute Gasteiger partial charge is 0.349 e. The molecule has 3 aromatic rings. The number of aromatic nitrogens is 3. The van der Waals surface area contributed by atoms with Gasteiger partial charge in [0.2, 0.25) is 5.95 Å². The fourth-order valence-electron chi connectivity index (χ4n) is 4.95. The topological polar surface area (TPSA) is 104 Å². The van der Waals surface area contributed by atoms with E-state index in [2.05, 4.69) is 62.2 Å². The van der Waals surface area contributed by atoms with E-state index in [1.54, 1.807) is 6.07 Å². The first kappa shape index (κ1) is 23.8. The summed E-state index contributed by atoms with van der Waals surface area (Å²) in [7, 11) is 0. The van der Waals surface area contributed by atoms with Gasteiger partial charge < -0.3 is 21.3 Å². The molecule has 4 N–H and O–H groups in total. The van der Waals surface area contributed by atoms with Gasteiger partial charge in [-0.2, -0.15) is 4.98 Å². The molecule has 8 nitrogen and oxygen atoms in total. The molecular formula is C28H32FN7O. The van der Waals surface area contributed by atoms with E-state index in [0.717, 1.165) is 50.0 Å². The Balaban J connectivity index is 1.29. The second-order valence-corrected chi connectivity index (χ2v) is 10.9. The van der Waals surface area contributed by atoms with Gasteiger partial charge in [0.25, 0.3) is 5.91 Å². The Labute approximate surface area is 215 Å². The molecule has 3 heterocycles. The number of hydrogen-bond acceptors (Lipinski definition) is 7. The van der Waals surface area contributed by atoms with Gasteiger partial charge in [-0.1, -0.05) is 12.1 Å². The van der Waals surface area contributed by atoms with Crippen molar-refractivity contribution in [1.29, 1.82) is 0 Å². The smallest absolute Gasteiger partial charge is 0.256 e. The SMILES string of the molecule is CC1(C)NCCc2cc(Nc3ncc(C(=O)NC4CC4)c(Nc4cccc(C5(CF)CC5)n4)n3)ccc21. The summed E-state index contributed by atoms with van der Waals surface area (Å²) in [4.78, 5) is 26.7. The summed E-state index contributed by atoms with van der Waals surface area (Å²) in [5, 5.41) is 13.1. The van der Waals surface area contributed by atoms with Gasteiger partial charge in [0.1, 0.15) is 23.9 Å². The molecule has 0 saturated heterocycles. The molecule has 0 unspecified atom stereocenters. The molecule has 3 aliphatic rings. The van der Waals surface area contributed by atoms with Crippen molar-refractivity contribution in [3.8, 4) is 0 Å². The predicted octanol–water partition coefficient (Wildman–Crippen LogP) is 4.63. The monoisotopic (exact) mass is 501 g/mol. The lowest BCUT2D eigenvalue weighted by atomic mass is 9.85. The number of nitrogens with one attached hydrogen (secondary N) is 4. The summed E-state index contributed by atoms with van der Waals surface area (Å²) in [6.45, 7) is 4.88. The number of alkyl halides is 1. The Morgan fingerprint density at radius 3 is 2.73 bits per heavy atom. The summed E-state index contributed by atoms with van der Waals surface area (Å²) >= 11 is 0. The van der Waals surface area contributed by atoms with E-state index in [4.69, 9.17) is 0 Å². The first-order valence-electron chi connectivity index (χ1n) is 13.0. The number of pyridine rings is 1. The van der Waals surface area contributed by atoms with Crippen LogP contribution in [0.15, 0.2) is 42.6 Å². The maximum Gasteiger partial charge on any atom is 0.256 e. The van der Waals surface area contributed by atoms with Crippen LogP contribution >= 0.6 is 0 Å². The van der Waals surface area contributed by atoms with Crippen molar-refractivity contribution in [3.63, 3.8) is 0 Å². The molecule has 9 heteroatoms. The molecule has 0 radical (unpaired) electrons. The average molecular weight is 502 g/mol. The van der Waals surface area contributed by atoms with Crippen LogP contribution in [0.5, 0.6) is 0 Å². The molecule has 2 saturated carbocycles. The minimum atomic E-state index is -0.473. The van der Waals surface area contributed by atoms with Crippen molar-refractivity contribution in [2.45, 2.75) is 62.9 Å².